The van der Waals surface area contributed by atoms with Crippen molar-refractivity contribution in [3.63, 3.8) is 0 Å². The van der Waals surface area contributed by atoms with Gasteiger partial charge >= 0.3 is 5.97 Å². The first-order valence-electron chi connectivity index (χ1n) is 6.74. The van der Waals surface area contributed by atoms with Crippen LogP contribution in [0.1, 0.15) is 18.9 Å². The highest BCUT2D eigenvalue weighted by Crippen LogP contribution is 2.32. The first-order valence-corrected chi connectivity index (χ1v) is 7.62. The van der Waals surface area contributed by atoms with Crippen LogP contribution in [0.15, 0.2) is 28.4 Å². The average molecular weight is 335 g/mol. The summed E-state index contributed by atoms with van der Waals surface area (Å²) < 4.78 is 10.5. The normalized spacial score (nSPS) is 21.6. The number of thioether (sulfide) groups is 1. The summed E-state index contributed by atoms with van der Waals surface area (Å²) in [6.45, 7) is 1.97. The number of benzene rings is 1. The van der Waals surface area contributed by atoms with Crippen molar-refractivity contribution >= 4 is 34.5 Å². The van der Waals surface area contributed by atoms with E-state index in [1.807, 2.05) is 6.07 Å². The van der Waals surface area contributed by atoms with Crippen LogP contribution in [0.4, 0.5) is 0 Å². The first kappa shape index (κ1) is 15.3. The molecule has 2 N–H and O–H groups in total. The van der Waals surface area contributed by atoms with Crippen molar-refractivity contribution in [1.29, 1.82) is 0 Å². The molecule has 0 bridgehead atoms. The van der Waals surface area contributed by atoms with Crippen molar-refractivity contribution in [2.45, 2.75) is 18.6 Å². The van der Waals surface area contributed by atoms with Crippen LogP contribution in [-0.2, 0) is 9.59 Å². The minimum absolute atomic E-state index is 0.199. The van der Waals surface area contributed by atoms with Gasteiger partial charge in [0, 0.05) is 5.56 Å². The molecule has 1 unspecified atom stereocenters. The van der Waals surface area contributed by atoms with Gasteiger partial charge in [-0.2, -0.15) is 5.10 Å². The van der Waals surface area contributed by atoms with Crippen LogP contribution < -0.4 is 14.8 Å². The molecule has 0 spiro atoms. The zero-order valence-electron chi connectivity index (χ0n) is 12.1. The number of hydrogen-bond donors (Lipinski definition) is 2. The van der Waals surface area contributed by atoms with Crippen LogP contribution in [0.2, 0.25) is 0 Å². The second-order valence-corrected chi connectivity index (χ2v) is 6.04. The van der Waals surface area contributed by atoms with E-state index in [1.165, 1.54) is 0 Å². The molecule has 1 saturated heterocycles. The standard InChI is InChI=1S/C14H13N3O5S/c1-7(8-2-3-9-10(4-8)22-6-21-9)16-17-14-15-13(20)11(23-14)5-12(18)19/h2-4,11H,5-6H2,1H3,(H,18,19)(H,15,17,20)/b16-7-. The zero-order valence-corrected chi connectivity index (χ0v) is 12.9. The number of amides is 1. The molecule has 0 saturated carbocycles. The Morgan fingerprint density at radius 3 is 3.00 bits per heavy atom. The second kappa shape index (κ2) is 6.29. The molecule has 1 fully saturated rings. The Balaban J connectivity index is 1.72. The Morgan fingerprint density at radius 2 is 2.22 bits per heavy atom. The van der Waals surface area contributed by atoms with Gasteiger partial charge in [-0.3, -0.25) is 9.59 Å². The molecule has 8 nitrogen and oxygen atoms in total. The van der Waals surface area contributed by atoms with Crippen molar-refractivity contribution in [3.05, 3.63) is 23.8 Å². The third kappa shape index (κ3) is 3.45. The Bertz CT molecular complexity index is 731. The lowest BCUT2D eigenvalue weighted by molar-refractivity contribution is -0.138. The SMILES string of the molecule is C/C(=N/N=C1\NC(=O)C(CC(=O)O)S1)c1ccc2c(c1)OCO2. The number of fused-ring (bicyclic) bond motifs is 1. The number of carboxylic acid groups (broad SMARTS) is 1. The molecule has 0 radical (unpaired) electrons. The minimum Gasteiger partial charge on any atom is -0.481 e. The molecular weight excluding hydrogens is 322 g/mol. The molecule has 0 aliphatic carbocycles. The molecular formula is C14H13N3O5S. The number of nitrogens with zero attached hydrogens (tertiary/aromatic N) is 2. The van der Waals surface area contributed by atoms with Gasteiger partial charge in [-0.1, -0.05) is 11.8 Å². The fraction of sp³-hybridized carbons (Fsp3) is 0.286. The number of ether oxygens (including phenoxy) is 2. The van der Waals surface area contributed by atoms with Gasteiger partial charge in [-0.15, -0.1) is 5.10 Å². The molecule has 9 heteroatoms. The molecule has 0 aromatic heterocycles. The molecule has 1 aromatic carbocycles. The van der Waals surface area contributed by atoms with Crippen molar-refractivity contribution in [1.82, 2.24) is 5.32 Å². The Kier molecular flexibility index (Phi) is 4.20. The smallest absolute Gasteiger partial charge is 0.305 e. The number of carbonyl (C=O) groups excluding carboxylic acids is 1. The van der Waals surface area contributed by atoms with Crippen LogP contribution in [0.5, 0.6) is 11.5 Å². The quantitative estimate of drug-likeness (QED) is 0.632. The maximum Gasteiger partial charge on any atom is 0.305 e. The molecule has 1 aromatic rings. The summed E-state index contributed by atoms with van der Waals surface area (Å²) in [6.07, 6.45) is -0.250. The molecule has 23 heavy (non-hydrogen) atoms. The van der Waals surface area contributed by atoms with Crippen LogP contribution in [0.25, 0.3) is 0 Å². The lowest BCUT2D eigenvalue weighted by Crippen LogP contribution is -2.26. The first-order chi connectivity index (χ1) is 11.0. The van der Waals surface area contributed by atoms with Crippen LogP contribution in [-0.4, -0.2) is 39.9 Å². The van der Waals surface area contributed by atoms with Crippen LogP contribution in [0, 0.1) is 0 Å². The maximum absolute atomic E-state index is 11.6. The number of hydrogen-bond acceptors (Lipinski definition) is 7. The highest BCUT2D eigenvalue weighted by Gasteiger charge is 2.32. The van der Waals surface area contributed by atoms with Crippen molar-refractivity contribution in [2.24, 2.45) is 10.2 Å². The Labute approximate surface area is 135 Å². The van der Waals surface area contributed by atoms with Gasteiger partial charge in [-0.25, -0.2) is 0 Å². The third-order valence-corrected chi connectivity index (χ3v) is 4.29. The van der Waals surface area contributed by atoms with E-state index in [1.54, 1.807) is 19.1 Å². The molecule has 1 amide bonds. The topological polar surface area (TPSA) is 110 Å². The van der Waals surface area contributed by atoms with E-state index in [-0.39, 0.29) is 19.1 Å². The lowest BCUT2D eigenvalue weighted by Gasteiger charge is -2.01. The van der Waals surface area contributed by atoms with Crippen molar-refractivity contribution in [3.8, 4) is 11.5 Å². The summed E-state index contributed by atoms with van der Waals surface area (Å²) >= 11 is 1.06. The summed E-state index contributed by atoms with van der Waals surface area (Å²) in [7, 11) is 0. The van der Waals surface area contributed by atoms with E-state index in [0.717, 1.165) is 17.3 Å². The summed E-state index contributed by atoms with van der Waals surface area (Å²) in [4.78, 5) is 22.3. The fourth-order valence-corrected chi connectivity index (χ4v) is 2.95. The molecule has 120 valence electrons. The predicted molar refractivity (Wildman–Crippen MR) is 84.0 cm³/mol. The van der Waals surface area contributed by atoms with E-state index >= 15 is 0 Å². The third-order valence-electron chi connectivity index (χ3n) is 3.22. The van der Waals surface area contributed by atoms with E-state index in [0.29, 0.717) is 22.4 Å². The highest BCUT2D eigenvalue weighted by molar-refractivity contribution is 8.15. The Morgan fingerprint density at radius 1 is 1.43 bits per heavy atom. The number of amidine groups is 1. The zero-order chi connectivity index (χ0) is 16.4. The van der Waals surface area contributed by atoms with Gasteiger partial charge in [0.15, 0.2) is 16.7 Å². The fourth-order valence-electron chi connectivity index (χ4n) is 2.04. The number of aliphatic carboxylic acids is 1. The summed E-state index contributed by atoms with van der Waals surface area (Å²) in [5.41, 5.74) is 1.45. The van der Waals surface area contributed by atoms with Gasteiger partial charge in [0.25, 0.3) is 0 Å². The van der Waals surface area contributed by atoms with Crippen molar-refractivity contribution < 1.29 is 24.2 Å². The molecule has 1 atom stereocenters. The average Bonchev–Trinajstić information content (AvgIpc) is 3.10. The van der Waals surface area contributed by atoms with Gasteiger partial charge < -0.3 is 19.9 Å². The summed E-state index contributed by atoms with van der Waals surface area (Å²) in [6, 6.07) is 5.42. The monoisotopic (exact) mass is 335 g/mol. The van der Waals surface area contributed by atoms with Gasteiger partial charge in [0.05, 0.1) is 12.1 Å². The number of carboxylic acids is 1. The van der Waals surface area contributed by atoms with E-state index < -0.39 is 11.2 Å². The summed E-state index contributed by atoms with van der Waals surface area (Å²) in [5.74, 6) is -0.0659. The lowest BCUT2D eigenvalue weighted by atomic mass is 10.1. The second-order valence-electron chi connectivity index (χ2n) is 4.85. The largest absolute Gasteiger partial charge is 0.481 e. The van der Waals surface area contributed by atoms with Crippen molar-refractivity contribution in [2.75, 3.05) is 6.79 Å². The number of rotatable bonds is 4. The number of nitrogens with one attached hydrogen (secondary N) is 1. The predicted octanol–water partition coefficient (Wildman–Crippen LogP) is 1.20. The summed E-state index contributed by atoms with van der Waals surface area (Å²) in [5, 5.41) is 18.9. The Hall–Kier alpha value is -2.55. The van der Waals surface area contributed by atoms with Gasteiger partial charge in [0.1, 0.15) is 5.25 Å². The van der Waals surface area contributed by atoms with E-state index in [9.17, 15) is 9.59 Å². The maximum atomic E-state index is 11.6. The van der Waals surface area contributed by atoms with Gasteiger partial charge in [0.2, 0.25) is 12.7 Å². The molecule has 2 aliphatic rings. The van der Waals surface area contributed by atoms with Crippen LogP contribution >= 0.6 is 11.8 Å². The number of carbonyl (C=O) groups is 2. The van der Waals surface area contributed by atoms with Crippen LogP contribution in [0.3, 0.4) is 0 Å². The highest BCUT2D eigenvalue weighted by atomic mass is 32.2. The van der Waals surface area contributed by atoms with Gasteiger partial charge in [-0.05, 0) is 25.1 Å². The molecule has 3 rings (SSSR count). The molecule has 2 aliphatic heterocycles. The van der Waals surface area contributed by atoms with E-state index in [4.69, 9.17) is 14.6 Å². The molecule has 2 heterocycles. The van der Waals surface area contributed by atoms with E-state index in [2.05, 4.69) is 15.5 Å². The minimum atomic E-state index is -1.03.